The number of fused-ring (bicyclic) bond motifs is 1. The number of aryl methyl sites for hydroxylation is 1. The molecule has 6 rings (SSSR count). The number of methoxy groups -OCH3 is 1. The van der Waals surface area contributed by atoms with Crippen molar-refractivity contribution in [2.75, 3.05) is 52.7 Å². The van der Waals surface area contributed by atoms with Crippen LogP contribution < -0.4 is 16.5 Å². The van der Waals surface area contributed by atoms with Crippen molar-refractivity contribution in [3.63, 3.8) is 0 Å². The summed E-state index contributed by atoms with van der Waals surface area (Å²) in [6.45, 7) is 17.6. The van der Waals surface area contributed by atoms with E-state index in [1.54, 1.807) is 37.2 Å². The molecular weight excluding hydrogens is 871 g/mol. The van der Waals surface area contributed by atoms with Gasteiger partial charge in [0.15, 0.2) is 0 Å². The van der Waals surface area contributed by atoms with Gasteiger partial charge in [0, 0.05) is 93.9 Å². The predicted octanol–water partition coefficient (Wildman–Crippen LogP) is 5.78. The van der Waals surface area contributed by atoms with E-state index in [0.29, 0.717) is 54.7 Å². The summed E-state index contributed by atoms with van der Waals surface area (Å²) in [4.78, 5) is 79.9. The van der Waals surface area contributed by atoms with Crippen LogP contribution >= 0.6 is 11.3 Å². The molecule has 2 saturated heterocycles. The number of pyridine rings is 1. The van der Waals surface area contributed by atoms with Crippen LogP contribution in [0.15, 0.2) is 36.5 Å². The summed E-state index contributed by atoms with van der Waals surface area (Å²) >= 11 is 1.31. The number of nitrogens with two attached hydrogens (primary N) is 1. The smallest absolute Gasteiger partial charge is 0.302 e. The van der Waals surface area contributed by atoms with Gasteiger partial charge in [0.05, 0.1) is 35.7 Å². The fourth-order valence-corrected chi connectivity index (χ4v) is 10.1. The van der Waals surface area contributed by atoms with Crippen molar-refractivity contribution in [1.82, 2.24) is 40.1 Å². The van der Waals surface area contributed by atoms with Crippen LogP contribution in [0.25, 0.3) is 32.7 Å². The minimum atomic E-state index is -1.05. The number of hydrogen-bond donors (Lipinski definition) is 3. The Morgan fingerprint density at radius 1 is 1.12 bits per heavy atom. The third-order valence-electron chi connectivity index (χ3n) is 12.7. The summed E-state index contributed by atoms with van der Waals surface area (Å²) in [7, 11) is 3.27. The molecule has 4 amide bonds. The number of esters is 1. The highest BCUT2D eigenvalue weighted by molar-refractivity contribution is 7.18. The Morgan fingerprint density at radius 3 is 2.54 bits per heavy atom. The van der Waals surface area contributed by atoms with Crippen LogP contribution in [0.5, 0.6) is 0 Å². The number of carbonyl (C=O) groups is 5. The van der Waals surface area contributed by atoms with Gasteiger partial charge in [-0.1, -0.05) is 45.0 Å². The molecule has 1 aromatic carbocycles. The van der Waals surface area contributed by atoms with Crippen molar-refractivity contribution in [1.29, 1.82) is 0 Å². The number of benzene rings is 1. The molecule has 0 spiro atoms. The lowest BCUT2D eigenvalue weighted by Gasteiger charge is -2.35. The Bertz CT molecular complexity index is 2530. The van der Waals surface area contributed by atoms with Gasteiger partial charge in [0.1, 0.15) is 22.1 Å². The zero-order chi connectivity index (χ0) is 48.7. The molecule has 0 radical (unpaired) electrons. The molecule has 3 aromatic heterocycles. The fraction of sp³-hybridized carbons (Fsp3) is 0.540. The first-order valence-electron chi connectivity index (χ1n) is 23.2. The standard InChI is InChI=1S/C50H67N9O7S/c1-11-16-41(61)57-24-20-34(28-57)48(63)56(9)43(30(3)4)46(62)54-39(49(64)59-23-14-13-22-53-59)26-38-45(51)67-47(55-38)33-18-19-40-36(25-33)37(27-50(7,8)29-66-32(6)60)44(58(40)12-2)35-17-15-21-52-42(35)31(5)65-10/h15,17-19,21,25,30-31,34,39,43,53H,12-14,20,22-24,26-29,51H2,1-10H3,(H,54,62)/t31-,34?,39-,43-/m0/s1. The second-order valence-electron chi connectivity index (χ2n) is 18.7. The first kappa shape index (κ1) is 50.6. The maximum atomic E-state index is 14.4. The van der Waals surface area contributed by atoms with Crippen molar-refractivity contribution in [2.24, 2.45) is 17.3 Å². The highest BCUT2D eigenvalue weighted by Gasteiger charge is 2.39. The van der Waals surface area contributed by atoms with Crippen LogP contribution in [0.1, 0.15) is 97.7 Å². The Hall–Kier alpha value is -5.83. The molecule has 360 valence electrons. The fourth-order valence-electron chi connectivity index (χ4n) is 9.28. The first-order valence-corrected chi connectivity index (χ1v) is 24.1. The number of hydrazine groups is 1. The predicted molar refractivity (Wildman–Crippen MR) is 260 cm³/mol. The van der Waals surface area contributed by atoms with Crippen LogP contribution in [-0.2, 0) is 52.8 Å². The van der Waals surface area contributed by atoms with Gasteiger partial charge in [-0.05, 0) is 94.2 Å². The summed E-state index contributed by atoms with van der Waals surface area (Å²) in [6.07, 6.45) is 4.27. The van der Waals surface area contributed by atoms with Crippen LogP contribution in [0.2, 0.25) is 0 Å². The normalized spacial score (nSPS) is 16.6. The second kappa shape index (κ2) is 21.9. The molecule has 0 saturated carbocycles. The number of anilines is 1. The Morgan fingerprint density at radius 2 is 1.88 bits per heavy atom. The number of nitrogens with one attached hydrogen (secondary N) is 2. The van der Waals surface area contributed by atoms with Crippen molar-refractivity contribution < 1.29 is 33.4 Å². The molecule has 4 aromatic rings. The van der Waals surface area contributed by atoms with E-state index >= 15 is 0 Å². The molecule has 4 atom stereocenters. The van der Waals surface area contributed by atoms with E-state index in [9.17, 15) is 24.0 Å². The number of nitrogen functional groups attached to an aromatic ring is 1. The minimum absolute atomic E-state index is 0.0153. The number of hydrogen-bond acceptors (Lipinski definition) is 12. The summed E-state index contributed by atoms with van der Waals surface area (Å²) < 4.78 is 13.6. The average molecular weight is 938 g/mol. The van der Waals surface area contributed by atoms with E-state index in [1.165, 1.54) is 23.2 Å². The van der Waals surface area contributed by atoms with Crippen LogP contribution in [-0.4, -0.2) is 118 Å². The third kappa shape index (κ3) is 11.5. The van der Waals surface area contributed by atoms with Crippen molar-refractivity contribution in [3.8, 4) is 33.7 Å². The number of carbonyl (C=O) groups excluding carboxylic acids is 5. The molecule has 0 bridgehead atoms. The molecule has 2 fully saturated rings. The molecular formula is C50H67N9O7S. The van der Waals surface area contributed by atoms with Crippen LogP contribution in [0, 0.1) is 29.1 Å². The minimum Gasteiger partial charge on any atom is -0.465 e. The number of amides is 4. The number of likely N-dealkylation sites (N-methyl/N-ethyl adjacent to an activating group) is 1. The lowest BCUT2D eigenvalue weighted by atomic mass is 9.84. The molecule has 17 heteroatoms. The van der Waals surface area contributed by atoms with Gasteiger partial charge in [-0.25, -0.2) is 10.4 Å². The van der Waals surface area contributed by atoms with Gasteiger partial charge >= 0.3 is 5.97 Å². The number of nitrogens with zero attached hydrogens (tertiary/aromatic N) is 6. The SMILES string of the molecule is CC#CC(=O)N1CCC(C(=O)N(C)[C@H](C(=O)N[C@@H](Cc2nc(-c3ccc4c(c3)c(CC(C)(C)COC(C)=O)c(-c3cccnc3[C@H](C)OC)n4CC)sc2N)C(=O)N2CCCCN2)C(C)C)C1. The largest absolute Gasteiger partial charge is 0.465 e. The lowest BCUT2D eigenvalue weighted by molar-refractivity contribution is -0.146. The van der Waals surface area contributed by atoms with Crippen LogP contribution in [0.3, 0.4) is 0 Å². The maximum absolute atomic E-state index is 14.4. The highest BCUT2D eigenvalue weighted by Crippen LogP contribution is 2.42. The van der Waals surface area contributed by atoms with Gasteiger partial charge in [0.2, 0.25) is 11.8 Å². The molecule has 2 aliphatic heterocycles. The second-order valence-corrected chi connectivity index (χ2v) is 19.7. The molecule has 67 heavy (non-hydrogen) atoms. The van der Waals surface area contributed by atoms with Gasteiger partial charge in [-0.3, -0.25) is 34.0 Å². The Kier molecular flexibility index (Phi) is 16.5. The van der Waals surface area contributed by atoms with Crippen LogP contribution in [0.4, 0.5) is 5.00 Å². The number of rotatable bonds is 17. The first-order chi connectivity index (χ1) is 31.9. The summed E-state index contributed by atoms with van der Waals surface area (Å²) in [5, 5.41) is 6.64. The summed E-state index contributed by atoms with van der Waals surface area (Å²) in [5.74, 6) is 2.68. The third-order valence-corrected chi connectivity index (χ3v) is 13.7. The molecule has 4 N–H and O–H groups in total. The number of thiazole rings is 1. The summed E-state index contributed by atoms with van der Waals surface area (Å²) in [6, 6.07) is 8.28. The molecule has 1 unspecified atom stereocenters. The average Bonchev–Trinajstić information content (AvgIpc) is 4.03. The number of ether oxygens (including phenoxy) is 2. The number of aromatic nitrogens is 3. The Balaban J connectivity index is 1.35. The zero-order valence-electron chi connectivity index (χ0n) is 40.7. The lowest BCUT2D eigenvalue weighted by Crippen LogP contribution is -2.59. The van der Waals surface area contributed by atoms with Crippen molar-refractivity contribution in [2.45, 2.75) is 112 Å². The van der Waals surface area contributed by atoms with Gasteiger partial charge < -0.3 is 34.9 Å². The summed E-state index contributed by atoms with van der Waals surface area (Å²) in [5.41, 5.74) is 15.7. The topological polar surface area (TPSA) is 194 Å². The van der Waals surface area contributed by atoms with E-state index in [-0.39, 0.29) is 55.3 Å². The highest BCUT2D eigenvalue weighted by atomic mass is 32.1. The quantitative estimate of drug-likeness (QED) is 0.0859. The molecule has 0 aliphatic carbocycles. The van der Waals surface area contributed by atoms with E-state index in [2.05, 4.69) is 66.1 Å². The Labute approximate surface area is 398 Å². The van der Waals surface area contributed by atoms with Crippen molar-refractivity contribution >= 4 is 56.8 Å². The van der Waals surface area contributed by atoms with E-state index in [1.807, 2.05) is 32.9 Å². The zero-order valence-corrected chi connectivity index (χ0v) is 41.5. The van der Waals surface area contributed by atoms with Gasteiger partial charge in [0.25, 0.3) is 11.8 Å². The molecule has 2 aliphatic rings. The van der Waals surface area contributed by atoms with Crippen molar-refractivity contribution in [3.05, 3.63) is 53.5 Å². The van der Waals surface area contributed by atoms with E-state index < -0.39 is 29.3 Å². The van der Waals surface area contributed by atoms with E-state index in [0.717, 1.165) is 51.8 Å². The number of likely N-dealkylation sites (tertiary alicyclic amines) is 1. The van der Waals surface area contributed by atoms with Gasteiger partial charge in [-0.15, -0.1) is 0 Å². The molecule has 16 nitrogen and oxygen atoms in total. The monoisotopic (exact) mass is 937 g/mol. The van der Waals surface area contributed by atoms with E-state index in [4.69, 9.17) is 25.2 Å². The molecule has 5 heterocycles. The maximum Gasteiger partial charge on any atom is 0.302 e. The van der Waals surface area contributed by atoms with Gasteiger partial charge in [-0.2, -0.15) is 0 Å².